The van der Waals surface area contributed by atoms with E-state index in [2.05, 4.69) is 12.2 Å². The lowest BCUT2D eigenvalue weighted by Crippen LogP contribution is -2.27. The average molecular weight is 303 g/mol. The van der Waals surface area contributed by atoms with Gasteiger partial charge < -0.3 is 10.2 Å². The van der Waals surface area contributed by atoms with E-state index in [9.17, 15) is 4.79 Å². The highest BCUT2D eigenvalue weighted by Gasteiger charge is 2.17. The van der Waals surface area contributed by atoms with Crippen molar-refractivity contribution in [3.8, 4) is 0 Å². The van der Waals surface area contributed by atoms with Crippen molar-refractivity contribution >= 4 is 28.9 Å². The van der Waals surface area contributed by atoms with E-state index in [1.54, 1.807) is 24.1 Å². The van der Waals surface area contributed by atoms with Crippen LogP contribution in [0.3, 0.4) is 0 Å². The van der Waals surface area contributed by atoms with Crippen molar-refractivity contribution < 1.29 is 4.79 Å². The second kappa shape index (κ2) is 7.14. The van der Waals surface area contributed by atoms with Gasteiger partial charge in [0.05, 0.1) is 5.56 Å². The molecule has 0 aliphatic rings. The molecule has 2 rings (SSSR count). The normalized spacial score (nSPS) is 10.2. The second-order valence-corrected chi connectivity index (χ2v) is 5.25. The number of carbonyl (C=O) groups excluding carboxylic acids is 1. The number of amides is 1. The fraction of sp³-hybridized carbons (Fsp3) is 0.235. The molecule has 21 heavy (non-hydrogen) atoms. The molecule has 0 atom stereocenters. The predicted octanol–water partition coefficient (Wildman–Crippen LogP) is 4.44. The highest BCUT2D eigenvalue weighted by molar-refractivity contribution is 6.31. The first kappa shape index (κ1) is 15.4. The molecule has 0 aliphatic heterocycles. The zero-order valence-electron chi connectivity index (χ0n) is 12.3. The van der Waals surface area contributed by atoms with Gasteiger partial charge in [-0.15, -0.1) is 0 Å². The van der Waals surface area contributed by atoms with Crippen molar-refractivity contribution in [1.29, 1.82) is 0 Å². The van der Waals surface area contributed by atoms with Gasteiger partial charge in [0.1, 0.15) is 0 Å². The monoisotopic (exact) mass is 302 g/mol. The number of anilines is 2. The number of rotatable bonds is 5. The number of para-hydroxylation sites is 1. The van der Waals surface area contributed by atoms with Gasteiger partial charge in [0.25, 0.3) is 5.91 Å². The van der Waals surface area contributed by atoms with E-state index in [0.29, 0.717) is 10.6 Å². The van der Waals surface area contributed by atoms with Crippen molar-refractivity contribution in [2.24, 2.45) is 0 Å². The van der Waals surface area contributed by atoms with Gasteiger partial charge >= 0.3 is 0 Å². The van der Waals surface area contributed by atoms with Crippen LogP contribution < -0.4 is 10.2 Å². The zero-order valence-corrected chi connectivity index (χ0v) is 13.0. The summed E-state index contributed by atoms with van der Waals surface area (Å²) in [4.78, 5) is 14.3. The number of nitrogens with zero attached hydrogens (tertiary/aromatic N) is 1. The van der Waals surface area contributed by atoms with Crippen LogP contribution in [0.1, 0.15) is 23.7 Å². The molecule has 4 heteroatoms. The standard InChI is InChI=1S/C17H19ClN2O/c1-3-11-19-16-10-9-13(18)12-15(16)17(21)20(2)14-7-5-4-6-8-14/h4-10,12,19H,3,11H2,1-2H3. The molecular formula is C17H19ClN2O. The van der Waals surface area contributed by atoms with Gasteiger partial charge in [-0.1, -0.05) is 36.7 Å². The van der Waals surface area contributed by atoms with Crippen LogP contribution in [-0.2, 0) is 0 Å². The molecule has 0 heterocycles. The van der Waals surface area contributed by atoms with Crippen LogP contribution >= 0.6 is 11.6 Å². The summed E-state index contributed by atoms with van der Waals surface area (Å²) in [7, 11) is 1.77. The number of hydrogen-bond acceptors (Lipinski definition) is 2. The lowest BCUT2D eigenvalue weighted by molar-refractivity contribution is 0.0994. The van der Waals surface area contributed by atoms with Crippen molar-refractivity contribution in [2.75, 3.05) is 23.8 Å². The van der Waals surface area contributed by atoms with Crippen LogP contribution in [0.5, 0.6) is 0 Å². The summed E-state index contributed by atoms with van der Waals surface area (Å²) in [6.45, 7) is 2.90. The summed E-state index contributed by atoms with van der Waals surface area (Å²) in [5.41, 5.74) is 2.25. The lowest BCUT2D eigenvalue weighted by Gasteiger charge is -2.20. The number of carbonyl (C=O) groups is 1. The van der Waals surface area contributed by atoms with Crippen LogP contribution in [0, 0.1) is 0 Å². The molecule has 1 amide bonds. The molecule has 0 saturated carbocycles. The maximum atomic E-state index is 12.7. The minimum Gasteiger partial charge on any atom is -0.384 e. The summed E-state index contributed by atoms with van der Waals surface area (Å²) >= 11 is 6.05. The zero-order chi connectivity index (χ0) is 15.2. The van der Waals surface area contributed by atoms with Crippen LogP contribution in [0.4, 0.5) is 11.4 Å². The minimum absolute atomic E-state index is 0.0812. The summed E-state index contributed by atoms with van der Waals surface area (Å²) in [6.07, 6.45) is 0.991. The Kier molecular flexibility index (Phi) is 5.23. The molecule has 0 bridgehead atoms. The van der Waals surface area contributed by atoms with Crippen LogP contribution in [0.15, 0.2) is 48.5 Å². The van der Waals surface area contributed by atoms with Crippen molar-refractivity contribution in [3.63, 3.8) is 0 Å². The molecule has 0 fully saturated rings. The number of benzene rings is 2. The van der Waals surface area contributed by atoms with E-state index in [-0.39, 0.29) is 5.91 Å². The Morgan fingerprint density at radius 2 is 1.90 bits per heavy atom. The third-order valence-electron chi connectivity index (χ3n) is 3.23. The van der Waals surface area contributed by atoms with Crippen LogP contribution in [0.2, 0.25) is 5.02 Å². The molecule has 110 valence electrons. The Morgan fingerprint density at radius 1 is 1.19 bits per heavy atom. The fourth-order valence-corrected chi connectivity index (χ4v) is 2.23. The van der Waals surface area contributed by atoms with Gasteiger partial charge in [-0.05, 0) is 36.8 Å². The first-order chi connectivity index (χ1) is 10.1. The molecule has 0 aliphatic carbocycles. The molecule has 2 aromatic rings. The van der Waals surface area contributed by atoms with E-state index in [1.165, 1.54) is 0 Å². The van der Waals surface area contributed by atoms with E-state index in [4.69, 9.17) is 11.6 Å². The lowest BCUT2D eigenvalue weighted by atomic mass is 10.1. The van der Waals surface area contributed by atoms with E-state index in [0.717, 1.165) is 24.3 Å². The van der Waals surface area contributed by atoms with Crippen molar-refractivity contribution in [2.45, 2.75) is 13.3 Å². The molecule has 0 saturated heterocycles. The number of halogens is 1. The predicted molar refractivity (Wildman–Crippen MR) is 89.4 cm³/mol. The summed E-state index contributed by atoms with van der Waals surface area (Å²) < 4.78 is 0. The van der Waals surface area contributed by atoms with Gasteiger partial charge in [0.2, 0.25) is 0 Å². The largest absolute Gasteiger partial charge is 0.384 e. The smallest absolute Gasteiger partial charge is 0.260 e. The highest BCUT2D eigenvalue weighted by atomic mass is 35.5. The Balaban J connectivity index is 2.31. The van der Waals surface area contributed by atoms with Crippen LogP contribution in [-0.4, -0.2) is 19.5 Å². The topological polar surface area (TPSA) is 32.3 Å². The quantitative estimate of drug-likeness (QED) is 0.885. The fourth-order valence-electron chi connectivity index (χ4n) is 2.06. The summed E-state index contributed by atoms with van der Waals surface area (Å²) in [5.74, 6) is -0.0812. The first-order valence-electron chi connectivity index (χ1n) is 7.00. The van der Waals surface area contributed by atoms with Gasteiger partial charge in [0, 0.05) is 30.0 Å². The highest BCUT2D eigenvalue weighted by Crippen LogP contribution is 2.24. The van der Waals surface area contributed by atoms with Crippen molar-refractivity contribution in [1.82, 2.24) is 0 Å². The number of nitrogens with one attached hydrogen (secondary N) is 1. The molecule has 1 N–H and O–H groups in total. The van der Waals surface area contributed by atoms with Crippen LogP contribution in [0.25, 0.3) is 0 Å². The minimum atomic E-state index is -0.0812. The number of hydrogen-bond donors (Lipinski definition) is 1. The first-order valence-corrected chi connectivity index (χ1v) is 7.37. The molecule has 0 unspecified atom stereocenters. The summed E-state index contributed by atoms with van der Waals surface area (Å²) in [6, 6.07) is 14.9. The third kappa shape index (κ3) is 3.76. The van der Waals surface area contributed by atoms with E-state index < -0.39 is 0 Å². The third-order valence-corrected chi connectivity index (χ3v) is 3.46. The van der Waals surface area contributed by atoms with Gasteiger partial charge in [0.15, 0.2) is 0 Å². The molecule has 3 nitrogen and oxygen atoms in total. The van der Waals surface area contributed by atoms with Crippen molar-refractivity contribution in [3.05, 3.63) is 59.1 Å². The molecule has 0 aromatic heterocycles. The molecular weight excluding hydrogens is 284 g/mol. The Labute approximate surface area is 130 Å². The summed E-state index contributed by atoms with van der Waals surface area (Å²) in [5, 5.41) is 3.83. The van der Waals surface area contributed by atoms with E-state index in [1.807, 2.05) is 36.4 Å². The van der Waals surface area contributed by atoms with Gasteiger partial charge in [-0.2, -0.15) is 0 Å². The van der Waals surface area contributed by atoms with Gasteiger partial charge in [-0.25, -0.2) is 0 Å². The maximum Gasteiger partial charge on any atom is 0.260 e. The Bertz CT molecular complexity index is 613. The van der Waals surface area contributed by atoms with Gasteiger partial charge in [-0.3, -0.25) is 4.79 Å². The Hall–Kier alpha value is -2.00. The maximum absolute atomic E-state index is 12.7. The van der Waals surface area contributed by atoms with E-state index >= 15 is 0 Å². The Morgan fingerprint density at radius 3 is 2.57 bits per heavy atom. The molecule has 0 spiro atoms. The molecule has 2 aromatic carbocycles. The second-order valence-electron chi connectivity index (χ2n) is 4.82. The SMILES string of the molecule is CCCNc1ccc(Cl)cc1C(=O)N(C)c1ccccc1. The average Bonchev–Trinajstić information content (AvgIpc) is 2.53. The molecule has 0 radical (unpaired) electrons.